The monoisotopic (exact) mass is 336 g/mol. The van der Waals surface area contributed by atoms with Crippen LogP contribution in [0.5, 0.6) is 0 Å². The normalized spacial score (nSPS) is 8.43. The molecule has 0 amide bonds. The van der Waals surface area contributed by atoms with Crippen molar-refractivity contribution in [3.05, 3.63) is 72.5 Å². The molecular weight excluding hydrogens is 316 g/mol. The van der Waals surface area contributed by atoms with Crippen LogP contribution in [0, 0.1) is 24.7 Å². The third kappa shape index (κ3) is 7.11. The van der Waals surface area contributed by atoms with Crippen molar-refractivity contribution in [2.24, 2.45) is 0 Å². The summed E-state index contributed by atoms with van der Waals surface area (Å²) in [6.07, 6.45) is 13.7. The van der Waals surface area contributed by atoms with Gasteiger partial charge in [0.2, 0.25) is 0 Å². The molecule has 0 saturated carbocycles. The number of hydrogen-bond acceptors (Lipinski definition) is 2. The minimum Gasteiger partial charge on any atom is -0.378 e. The topological polar surface area (TPSA) is 6.48 Å². The summed E-state index contributed by atoms with van der Waals surface area (Å²) in [5.41, 5.74) is 3.92. The van der Waals surface area contributed by atoms with Gasteiger partial charge >= 0.3 is 21.7 Å². The molecule has 2 rings (SSSR count). The predicted molar refractivity (Wildman–Crippen MR) is 94.0 cm³/mol. The standard InChI is InChI=1S/2C10H10N.Ti/c2*1-4-9-5-7-10(8-6-9)11(2)3;/h2*5-8H,2-3H3;/q2*-1;+2. The maximum atomic E-state index is 6.86. The van der Waals surface area contributed by atoms with Crippen molar-refractivity contribution in [3.8, 4) is 11.8 Å². The Morgan fingerprint density at radius 1 is 0.609 bits per heavy atom. The van der Waals surface area contributed by atoms with Crippen molar-refractivity contribution in [2.75, 3.05) is 38.0 Å². The van der Waals surface area contributed by atoms with E-state index in [0.717, 1.165) is 22.5 Å². The van der Waals surface area contributed by atoms with Crippen LogP contribution in [0.1, 0.15) is 11.1 Å². The Hall–Kier alpha value is -2.13. The van der Waals surface area contributed by atoms with E-state index >= 15 is 0 Å². The first-order valence-electron chi connectivity index (χ1n) is 6.88. The molecule has 0 bridgehead atoms. The van der Waals surface area contributed by atoms with Crippen LogP contribution in [0.25, 0.3) is 0 Å². The van der Waals surface area contributed by atoms with Gasteiger partial charge in [-0.25, -0.2) is 0 Å². The number of nitrogens with zero attached hydrogens (tertiary/aromatic N) is 2. The zero-order valence-corrected chi connectivity index (χ0v) is 15.6. The Labute approximate surface area is 155 Å². The van der Waals surface area contributed by atoms with Crippen LogP contribution in [0.2, 0.25) is 0 Å². The molecule has 0 fully saturated rings. The van der Waals surface area contributed by atoms with Crippen LogP contribution in [0.4, 0.5) is 11.4 Å². The van der Waals surface area contributed by atoms with Gasteiger partial charge in [0.1, 0.15) is 0 Å². The fraction of sp³-hybridized carbons (Fsp3) is 0.200. The maximum Gasteiger partial charge on any atom is 2.00 e. The fourth-order valence-electron chi connectivity index (χ4n) is 1.69. The summed E-state index contributed by atoms with van der Waals surface area (Å²) < 4.78 is 0. The Bertz CT molecular complexity index is 595. The van der Waals surface area contributed by atoms with Crippen molar-refractivity contribution in [1.29, 1.82) is 0 Å². The number of rotatable bonds is 2. The van der Waals surface area contributed by atoms with Crippen LogP contribution in [-0.2, 0) is 21.7 Å². The molecule has 0 aromatic heterocycles. The first kappa shape index (κ1) is 20.9. The molecule has 3 heteroatoms. The molecule has 0 unspecified atom stereocenters. The van der Waals surface area contributed by atoms with Crippen molar-refractivity contribution in [2.45, 2.75) is 0 Å². The summed E-state index contributed by atoms with van der Waals surface area (Å²) in [7, 11) is 7.96. The summed E-state index contributed by atoms with van der Waals surface area (Å²) >= 11 is 0. The third-order valence-corrected chi connectivity index (χ3v) is 3.06. The molecule has 0 spiro atoms. The second-order valence-corrected chi connectivity index (χ2v) is 5.13. The zero-order chi connectivity index (χ0) is 16.5. The number of benzene rings is 2. The van der Waals surface area contributed by atoms with Crippen molar-refractivity contribution in [1.82, 2.24) is 0 Å². The summed E-state index contributed by atoms with van der Waals surface area (Å²) in [5.74, 6) is 4.65. The molecule has 0 aliphatic heterocycles. The quantitative estimate of drug-likeness (QED) is 0.471. The molecule has 0 N–H and O–H groups in total. The molecular formula is C20H20N2Ti. The Morgan fingerprint density at radius 2 is 0.870 bits per heavy atom. The summed E-state index contributed by atoms with van der Waals surface area (Å²) in [6, 6.07) is 15.4. The van der Waals surface area contributed by atoms with E-state index < -0.39 is 0 Å². The minimum atomic E-state index is 0. The average Bonchev–Trinajstić information content (AvgIpc) is 2.55. The van der Waals surface area contributed by atoms with E-state index in [2.05, 4.69) is 11.8 Å². The van der Waals surface area contributed by atoms with Gasteiger partial charge in [-0.15, -0.1) is 35.4 Å². The molecule has 0 aliphatic carbocycles. The molecule has 0 radical (unpaired) electrons. The van der Waals surface area contributed by atoms with Crippen LogP contribution < -0.4 is 9.80 Å². The van der Waals surface area contributed by atoms with Gasteiger partial charge in [0.15, 0.2) is 0 Å². The summed E-state index contributed by atoms with van der Waals surface area (Å²) in [5, 5.41) is 0. The SMILES string of the molecule is [C-]#Cc1ccc(N(C)C)cc1.[C-]#Cc1ccc(N(C)C)cc1.[Ti+2]. The molecule has 0 aliphatic rings. The van der Waals surface area contributed by atoms with Crippen molar-refractivity contribution < 1.29 is 21.7 Å². The second kappa shape index (κ2) is 10.6. The van der Waals surface area contributed by atoms with Gasteiger partial charge in [0, 0.05) is 39.6 Å². The largest absolute Gasteiger partial charge is 2.00 e. The molecule has 23 heavy (non-hydrogen) atoms. The Balaban J connectivity index is 0.000000403. The van der Waals surface area contributed by atoms with E-state index in [9.17, 15) is 0 Å². The van der Waals surface area contributed by atoms with E-state index in [4.69, 9.17) is 12.8 Å². The van der Waals surface area contributed by atoms with Gasteiger partial charge in [-0.05, 0) is 0 Å². The number of anilines is 2. The van der Waals surface area contributed by atoms with E-state index in [-0.39, 0.29) is 21.7 Å². The van der Waals surface area contributed by atoms with Crippen LogP contribution in [0.3, 0.4) is 0 Å². The van der Waals surface area contributed by atoms with Gasteiger partial charge in [0.05, 0.1) is 0 Å². The predicted octanol–water partition coefficient (Wildman–Crippen LogP) is 3.38. The second-order valence-electron chi connectivity index (χ2n) is 5.13. The number of hydrogen-bond donors (Lipinski definition) is 0. The van der Waals surface area contributed by atoms with E-state index in [1.54, 1.807) is 0 Å². The molecule has 0 atom stereocenters. The maximum absolute atomic E-state index is 6.86. The Morgan fingerprint density at radius 3 is 1.04 bits per heavy atom. The average molecular weight is 336 g/mol. The molecule has 0 heterocycles. The molecule has 2 nitrogen and oxygen atoms in total. The smallest absolute Gasteiger partial charge is 0.378 e. The molecule has 0 saturated heterocycles. The summed E-state index contributed by atoms with van der Waals surface area (Å²) in [6.45, 7) is 0. The van der Waals surface area contributed by atoms with E-state index in [0.29, 0.717) is 0 Å². The van der Waals surface area contributed by atoms with E-state index in [1.165, 1.54) is 0 Å². The van der Waals surface area contributed by atoms with Gasteiger partial charge in [-0.1, -0.05) is 24.3 Å². The first-order chi connectivity index (χ1) is 10.5. The van der Waals surface area contributed by atoms with Gasteiger partial charge in [0.25, 0.3) is 0 Å². The Kier molecular flexibility index (Phi) is 9.60. The third-order valence-electron chi connectivity index (χ3n) is 3.06. The van der Waals surface area contributed by atoms with E-state index in [1.807, 2.05) is 86.5 Å². The molecule has 2 aromatic rings. The minimum absolute atomic E-state index is 0. The van der Waals surface area contributed by atoms with Crippen molar-refractivity contribution in [3.63, 3.8) is 0 Å². The van der Waals surface area contributed by atoms with Crippen LogP contribution >= 0.6 is 0 Å². The van der Waals surface area contributed by atoms with Crippen molar-refractivity contribution >= 4 is 11.4 Å². The van der Waals surface area contributed by atoms with Gasteiger partial charge in [-0.3, -0.25) is 11.8 Å². The molecule has 114 valence electrons. The van der Waals surface area contributed by atoms with Crippen LogP contribution in [-0.4, -0.2) is 28.2 Å². The van der Waals surface area contributed by atoms with Gasteiger partial charge in [-0.2, -0.15) is 0 Å². The molecule has 2 aromatic carbocycles. The summed E-state index contributed by atoms with van der Waals surface area (Å²) in [4.78, 5) is 4.04. The fourth-order valence-corrected chi connectivity index (χ4v) is 1.69. The van der Waals surface area contributed by atoms with Gasteiger partial charge < -0.3 is 22.6 Å². The zero-order valence-electron chi connectivity index (χ0n) is 14.0. The first-order valence-corrected chi connectivity index (χ1v) is 6.88. The van der Waals surface area contributed by atoms with Crippen LogP contribution in [0.15, 0.2) is 48.5 Å².